The maximum Gasteiger partial charge on any atom is 0.237 e. The Kier molecular flexibility index (Phi) is 4.44. The van der Waals surface area contributed by atoms with Crippen molar-refractivity contribution in [2.45, 2.75) is 25.8 Å². The highest BCUT2D eigenvalue weighted by molar-refractivity contribution is 6.05. The van der Waals surface area contributed by atoms with Crippen molar-refractivity contribution >= 4 is 11.8 Å². The molecule has 2 amide bonds. The highest BCUT2D eigenvalue weighted by atomic mass is 16.5. The summed E-state index contributed by atoms with van der Waals surface area (Å²) in [4.78, 5) is 28.1. The van der Waals surface area contributed by atoms with Gasteiger partial charge in [-0.25, -0.2) is 4.90 Å². The van der Waals surface area contributed by atoms with Crippen LogP contribution in [0.1, 0.15) is 24.0 Å². The number of ether oxygens (including phenoxy) is 2. The van der Waals surface area contributed by atoms with Crippen LogP contribution in [0.25, 0.3) is 0 Å². The normalized spacial score (nSPS) is 27.3. The highest BCUT2D eigenvalue weighted by Gasteiger charge is 2.48. The van der Waals surface area contributed by atoms with Crippen molar-refractivity contribution in [2.24, 2.45) is 11.8 Å². The Balaban J connectivity index is 1.49. The summed E-state index contributed by atoms with van der Waals surface area (Å²) in [7, 11) is 3.28. The van der Waals surface area contributed by atoms with Gasteiger partial charge in [0.25, 0.3) is 0 Å². The number of benzene rings is 1. The Labute approximate surface area is 153 Å². The van der Waals surface area contributed by atoms with Crippen LogP contribution in [0.15, 0.2) is 24.3 Å². The van der Waals surface area contributed by atoms with Crippen molar-refractivity contribution in [3.63, 3.8) is 0 Å². The maximum atomic E-state index is 12.7. The number of rotatable bonds is 4. The molecule has 0 aromatic heterocycles. The zero-order chi connectivity index (χ0) is 18.3. The predicted octanol–water partition coefficient (Wildman–Crippen LogP) is 0.554. The highest BCUT2D eigenvalue weighted by Crippen LogP contribution is 2.35. The fourth-order valence-electron chi connectivity index (χ4n) is 4.41. The lowest BCUT2D eigenvalue weighted by molar-refractivity contribution is -0.923. The molecule has 2 aliphatic heterocycles. The number of likely N-dealkylation sites (tertiary alicyclic amines) is 1. The molecular formula is C20H25N2O4+. The number of hydrogen-bond acceptors (Lipinski definition) is 4. The number of methoxy groups -OCH3 is 2. The molecule has 1 N–H and O–H groups in total. The van der Waals surface area contributed by atoms with E-state index in [-0.39, 0.29) is 23.7 Å². The standard InChI is InChI=1S/C20H24N2O4/c1-25-17-9-13-7-8-21(11-14(13)10-18(17)26-2)12-22-19(23)15-5-3-4-6-16(15)20(22)24/h3-4,9-10,15-16H,5-8,11-12H2,1-2H3/p+1/t15-,16-/m0/s1. The molecule has 0 saturated carbocycles. The molecule has 1 aromatic rings. The quantitative estimate of drug-likeness (QED) is 0.632. The zero-order valence-electron chi connectivity index (χ0n) is 15.3. The van der Waals surface area contributed by atoms with Gasteiger partial charge in [0, 0.05) is 12.0 Å². The van der Waals surface area contributed by atoms with Gasteiger partial charge in [0.1, 0.15) is 6.54 Å². The molecule has 0 bridgehead atoms. The van der Waals surface area contributed by atoms with E-state index >= 15 is 0 Å². The van der Waals surface area contributed by atoms with Crippen LogP contribution in [-0.2, 0) is 22.6 Å². The average molecular weight is 357 g/mol. The van der Waals surface area contributed by atoms with Gasteiger partial charge >= 0.3 is 0 Å². The van der Waals surface area contributed by atoms with Gasteiger partial charge in [-0.15, -0.1) is 0 Å². The summed E-state index contributed by atoms with van der Waals surface area (Å²) >= 11 is 0. The first-order valence-corrected chi connectivity index (χ1v) is 9.20. The summed E-state index contributed by atoms with van der Waals surface area (Å²) in [6.45, 7) is 2.13. The Morgan fingerprint density at radius 2 is 1.58 bits per heavy atom. The van der Waals surface area contributed by atoms with E-state index in [2.05, 4.69) is 0 Å². The molecule has 1 saturated heterocycles. The number of carbonyl (C=O) groups excluding carboxylic acids is 2. The summed E-state index contributed by atoms with van der Waals surface area (Å²) in [6.07, 6.45) is 6.34. The molecule has 1 unspecified atom stereocenters. The summed E-state index contributed by atoms with van der Waals surface area (Å²) in [5.41, 5.74) is 2.45. The van der Waals surface area contributed by atoms with Crippen LogP contribution in [0.4, 0.5) is 0 Å². The molecule has 4 rings (SSSR count). The molecule has 1 aromatic carbocycles. The minimum atomic E-state index is -0.145. The van der Waals surface area contributed by atoms with Gasteiger partial charge in [0.15, 0.2) is 18.2 Å². The number of allylic oxidation sites excluding steroid dienone is 2. The number of hydrogen-bond donors (Lipinski definition) is 1. The Bertz CT molecular complexity index is 747. The molecule has 2 heterocycles. The summed E-state index contributed by atoms with van der Waals surface area (Å²) in [5, 5.41) is 0. The second-order valence-electron chi connectivity index (χ2n) is 7.32. The lowest BCUT2D eigenvalue weighted by Crippen LogP contribution is -3.13. The van der Waals surface area contributed by atoms with Gasteiger partial charge in [0.2, 0.25) is 11.8 Å². The lowest BCUT2D eigenvalue weighted by atomic mass is 9.85. The van der Waals surface area contributed by atoms with Gasteiger partial charge < -0.3 is 14.4 Å². The van der Waals surface area contributed by atoms with Crippen LogP contribution >= 0.6 is 0 Å². The second kappa shape index (κ2) is 6.76. The van der Waals surface area contributed by atoms with Crippen molar-refractivity contribution in [2.75, 3.05) is 27.4 Å². The monoisotopic (exact) mass is 357 g/mol. The molecule has 0 spiro atoms. The number of nitrogens with one attached hydrogen (secondary N) is 1. The van der Waals surface area contributed by atoms with E-state index in [1.165, 1.54) is 20.9 Å². The predicted molar refractivity (Wildman–Crippen MR) is 94.9 cm³/mol. The van der Waals surface area contributed by atoms with Gasteiger partial charge in [-0.05, 0) is 30.5 Å². The zero-order valence-corrected chi connectivity index (χ0v) is 15.3. The van der Waals surface area contributed by atoms with Crippen molar-refractivity contribution in [3.8, 4) is 11.5 Å². The molecular weight excluding hydrogens is 332 g/mol. The number of carbonyl (C=O) groups is 2. The van der Waals surface area contributed by atoms with Crippen molar-refractivity contribution < 1.29 is 24.0 Å². The van der Waals surface area contributed by atoms with Crippen LogP contribution in [-0.4, -0.2) is 44.1 Å². The number of nitrogens with zero attached hydrogens (tertiary/aromatic N) is 1. The number of amides is 2. The van der Waals surface area contributed by atoms with Crippen LogP contribution in [0.5, 0.6) is 11.5 Å². The Morgan fingerprint density at radius 3 is 2.15 bits per heavy atom. The smallest absolute Gasteiger partial charge is 0.237 e. The van der Waals surface area contributed by atoms with Crippen molar-refractivity contribution in [1.82, 2.24) is 4.90 Å². The molecule has 1 aliphatic carbocycles. The third kappa shape index (κ3) is 2.78. The van der Waals surface area contributed by atoms with E-state index in [1.54, 1.807) is 14.2 Å². The summed E-state index contributed by atoms with van der Waals surface area (Å²) in [5.74, 6) is 1.20. The SMILES string of the molecule is COc1cc2c(cc1OC)C[NH+](CN1C(=O)[C@H]3CC=CC[C@@H]3C1=O)CC2. The summed E-state index contributed by atoms with van der Waals surface area (Å²) < 4.78 is 10.8. The molecule has 6 heteroatoms. The molecule has 3 atom stereocenters. The number of fused-ring (bicyclic) bond motifs is 2. The summed E-state index contributed by atoms with van der Waals surface area (Å²) in [6, 6.07) is 4.06. The van der Waals surface area contributed by atoms with Crippen molar-refractivity contribution in [3.05, 3.63) is 35.4 Å². The van der Waals surface area contributed by atoms with Crippen LogP contribution in [0.2, 0.25) is 0 Å². The largest absolute Gasteiger partial charge is 0.493 e. The van der Waals surface area contributed by atoms with Gasteiger partial charge in [0.05, 0.1) is 32.6 Å². The molecule has 26 heavy (non-hydrogen) atoms. The Hall–Kier alpha value is -2.34. The third-order valence-corrected chi connectivity index (χ3v) is 5.87. The fraction of sp³-hybridized carbons (Fsp3) is 0.500. The minimum absolute atomic E-state index is 0.00922. The number of imide groups is 1. The second-order valence-corrected chi connectivity index (χ2v) is 7.32. The molecule has 0 radical (unpaired) electrons. The maximum absolute atomic E-state index is 12.7. The van der Waals surface area contributed by atoms with E-state index in [4.69, 9.17) is 9.47 Å². The van der Waals surface area contributed by atoms with E-state index in [0.717, 1.165) is 31.0 Å². The first-order valence-electron chi connectivity index (χ1n) is 9.20. The topological polar surface area (TPSA) is 60.3 Å². The van der Waals surface area contributed by atoms with Gasteiger partial charge in [-0.3, -0.25) is 9.59 Å². The van der Waals surface area contributed by atoms with E-state index in [9.17, 15) is 9.59 Å². The van der Waals surface area contributed by atoms with E-state index in [1.807, 2.05) is 24.3 Å². The van der Waals surface area contributed by atoms with Crippen LogP contribution in [0, 0.1) is 11.8 Å². The number of quaternary nitrogens is 1. The van der Waals surface area contributed by atoms with Crippen LogP contribution < -0.4 is 14.4 Å². The Morgan fingerprint density at radius 1 is 1.00 bits per heavy atom. The fourth-order valence-corrected chi connectivity index (χ4v) is 4.41. The van der Waals surface area contributed by atoms with Crippen LogP contribution in [0.3, 0.4) is 0 Å². The average Bonchev–Trinajstić information content (AvgIpc) is 2.92. The van der Waals surface area contributed by atoms with Gasteiger partial charge in [-0.2, -0.15) is 0 Å². The third-order valence-electron chi connectivity index (χ3n) is 5.87. The molecule has 1 fully saturated rings. The van der Waals surface area contributed by atoms with Crippen molar-refractivity contribution in [1.29, 1.82) is 0 Å². The first kappa shape index (κ1) is 17.1. The first-order chi connectivity index (χ1) is 12.6. The van der Waals surface area contributed by atoms with E-state index in [0.29, 0.717) is 19.5 Å². The molecule has 6 nitrogen and oxygen atoms in total. The van der Waals surface area contributed by atoms with Gasteiger partial charge in [-0.1, -0.05) is 12.2 Å². The minimum Gasteiger partial charge on any atom is -0.493 e. The molecule has 138 valence electrons. The molecule has 3 aliphatic rings. The van der Waals surface area contributed by atoms with E-state index < -0.39 is 0 Å². The lowest BCUT2D eigenvalue weighted by Gasteiger charge is -2.29.